The van der Waals surface area contributed by atoms with Crippen LogP contribution in [-0.2, 0) is 30.3 Å². The van der Waals surface area contributed by atoms with Crippen LogP contribution < -0.4 is 11.1 Å². The number of nitrogens with zero attached hydrogens (tertiary/aromatic N) is 1. The minimum absolute atomic E-state index is 0.110. The molecule has 0 aromatic heterocycles. The first-order chi connectivity index (χ1) is 20.4. The molecule has 2 aromatic rings. The molecule has 2 aliphatic heterocycles. The molecule has 0 radical (unpaired) electrons. The van der Waals surface area contributed by atoms with Crippen LogP contribution in [0.4, 0.5) is 0 Å². The molecule has 3 N–H and O–H groups in total. The molecule has 8 nitrogen and oxygen atoms in total. The van der Waals surface area contributed by atoms with Gasteiger partial charge in [-0.05, 0) is 54.7 Å². The number of nitrogens with one attached hydrogen (secondary N) is 1. The quantitative estimate of drug-likeness (QED) is 0.292. The van der Waals surface area contributed by atoms with Crippen LogP contribution in [0.3, 0.4) is 0 Å². The highest BCUT2D eigenvalue weighted by molar-refractivity contribution is 6.31. The Morgan fingerprint density at radius 2 is 1.69 bits per heavy atom. The van der Waals surface area contributed by atoms with Crippen molar-refractivity contribution < 1.29 is 23.8 Å². The molecule has 5 rings (SSSR count). The van der Waals surface area contributed by atoms with E-state index >= 15 is 0 Å². The van der Waals surface area contributed by atoms with E-state index in [1.165, 1.54) is 12.7 Å². The van der Waals surface area contributed by atoms with Crippen LogP contribution in [0.2, 0.25) is 5.02 Å². The number of methoxy groups -OCH3 is 1. The second-order valence-electron chi connectivity index (χ2n) is 11.5. The summed E-state index contributed by atoms with van der Waals surface area (Å²) < 4.78 is 16.9. The number of allylic oxidation sites excluding steroid dienone is 1. The Morgan fingerprint density at radius 3 is 2.36 bits per heavy atom. The molecule has 2 fully saturated rings. The highest BCUT2D eigenvalue weighted by Crippen LogP contribution is 2.44. The summed E-state index contributed by atoms with van der Waals surface area (Å²) in [5, 5.41) is 3.66. The number of ether oxygens (including phenoxy) is 3. The zero-order valence-corrected chi connectivity index (χ0v) is 25.1. The monoisotopic (exact) mass is 593 g/mol. The van der Waals surface area contributed by atoms with Crippen molar-refractivity contribution in [3.63, 3.8) is 0 Å². The molecule has 0 amide bonds. The maximum atomic E-state index is 13.9. The van der Waals surface area contributed by atoms with Crippen LogP contribution in [-0.4, -0.2) is 63.4 Å². The van der Waals surface area contributed by atoms with Gasteiger partial charge in [-0.15, -0.1) is 0 Å². The van der Waals surface area contributed by atoms with Gasteiger partial charge in [-0.2, -0.15) is 0 Å². The number of benzene rings is 2. The Kier molecular flexibility index (Phi) is 10.0. The van der Waals surface area contributed by atoms with Crippen molar-refractivity contribution >= 4 is 23.5 Å². The van der Waals surface area contributed by atoms with Gasteiger partial charge in [-0.3, -0.25) is 4.90 Å². The predicted molar refractivity (Wildman–Crippen MR) is 161 cm³/mol. The van der Waals surface area contributed by atoms with Crippen LogP contribution >= 0.6 is 11.6 Å². The number of carbonyl (C=O) groups is 2. The number of nitrogens with two attached hydrogens (primary N) is 1. The van der Waals surface area contributed by atoms with Gasteiger partial charge in [0.1, 0.15) is 0 Å². The van der Waals surface area contributed by atoms with Crippen molar-refractivity contribution in [3.8, 4) is 0 Å². The van der Waals surface area contributed by atoms with Crippen molar-refractivity contribution in [1.82, 2.24) is 10.2 Å². The summed E-state index contributed by atoms with van der Waals surface area (Å²) in [6.07, 6.45) is 2.07. The van der Waals surface area contributed by atoms with Gasteiger partial charge in [0.2, 0.25) is 0 Å². The summed E-state index contributed by atoms with van der Waals surface area (Å²) in [5.41, 5.74) is 9.32. The molecule has 0 spiro atoms. The van der Waals surface area contributed by atoms with E-state index in [0.717, 1.165) is 32.5 Å². The topological polar surface area (TPSA) is 103 Å². The van der Waals surface area contributed by atoms with E-state index in [0.29, 0.717) is 70.6 Å². The Morgan fingerprint density at radius 1 is 1.00 bits per heavy atom. The van der Waals surface area contributed by atoms with Crippen LogP contribution in [0, 0.1) is 17.8 Å². The third-order valence-corrected chi connectivity index (χ3v) is 8.96. The summed E-state index contributed by atoms with van der Waals surface area (Å²) in [6, 6.07) is 17.8. The number of hydrogen-bond acceptors (Lipinski definition) is 8. The zero-order chi connectivity index (χ0) is 29.6. The number of hydrogen-bond donors (Lipinski definition) is 2. The van der Waals surface area contributed by atoms with Gasteiger partial charge in [0.05, 0.1) is 49.7 Å². The largest absolute Gasteiger partial charge is 0.466 e. The first-order valence-corrected chi connectivity index (χ1v) is 15.0. The van der Waals surface area contributed by atoms with Gasteiger partial charge >= 0.3 is 11.9 Å². The molecule has 1 saturated heterocycles. The van der Waals surface area contributed by atoms with E-state index in [2.05, 4.69) is 34.5 Å². The number of dihydropyridines is 1. The van der Waals surface area contributed by atoms with Crippen LogP contribution in [0.25, 0.3) is 0 Å². The lowest BCUT2D eigenvalue weighted by Gasteiger charge is -2.32. The lowest BCUT2D eigenvalue weighted by molar-refractivity contribution is -0.141. The standard InChI is InChI=1S/C33H40ClN3O5/c1-21-29(32(38)40-2)30(26-10-6-7-11-27(26)34)31(28(36-21)20-41-13-12-35)33(39)42-19-23-14-24-17-37(18-25(24)15-23)16-22-8-4-3-5-9-22/h3-11,23-25,30,36H,12-20,35H2,1-2H3. The molecule has 3 aliphatic rings. The minimum Gasteiger partial charge on any atom is -0.466 e. The van der Waals surface area contributed by atoms with E-state index in [9.17, 15) is 9.59 Å². The molecule has 1 saturated carbocycles. The summed E-state index contributed by atoms with van der Waals surface area (Å²) in [5.74, 6) is -0.281. The van der Waals surface area contributed by atoms with Crippen molar-refractivity contribution in [2.24, 2.45) is 23.5 Å². The van der Waals surface area contributed by atoms with Gasteiger partial charge < -0.3 is 25.3 Å². The number of carbonyl (C=O) groups excluding carboxylic acids is 2. The van der Waals surface area contributed by atoms with E-state index in [1.807, 2.05) is 24.3 Å². The summed E-state index contributed by atoms with van der Waals surface area (Å²) in [4.78, 5) is 29.5. The highest BCUT2D eigenvalue weighted by Gasteiger charge is 2.43. The zero-order valence-electron chi connectivity index (χ0n) is 24.3. The van der Waals surface area contributed by atoms with Gasteiger partial charge in [0.25, 0.3) is 0 Å². The molecule has 3 atom stereocenters. The Balaban J connectivity index is 1.32. The third kappa shape index (κ3) is 6.73. The first kappa shape index (κ1) is 30.3. The number of fused-ring (bicyclic) bond motifs is 1. The minimum atomic E-state index is -0.772. The molecule has 1 aliphatic carbocycles. The second-order valence-corrected chi connectivity index (χ2v) is 11.9. The molecule has 2 heterocycles. The van der Waals surface area contributed by atoms with Crippen LogP contribution in [0.1, 0.15) is 36.8 Å². The van der Waals surface area contributed by atoms with Gasteiger partial charge in [-0.1, -0.05) is 60.1 Å². The SMILES string of the molecule is COC(=O)C1=C(C)NC(COCCN)=C(C(=O)OCC2CC3CN(Cc4ccccc4)CC3C2)C1c1ccccc1Cl. The number of esters is 2. The summed E-state index contributed by atoms with van der Waals surface area (Å²) >= 11 is 6.64. The second kappa shape index (κ2) is 13.9. The molecule has 0 bridgehead atoms. The molecular weight excluding hydrogens is 554 g/mol. The van der Waals surface area contributed by atoms with Gasteiger partial charge in [-0.25, -0.2) is 9.59 Å². The predicted octanol–water partition coefficient (Wildman–Crippen LogP) is 4.40. The number of likely N-dealkylation sites (tertiary alicyclic amines) is 1. The smallest absolute Gasteiger partial charge is 0.336 e. The maximum Gasteiger partial charge on any atom is 0.336 e. The maximum absolute atomic E-state index is 13.9. The molecule has 42 heavy (non-hydrogen) atoms. The average molecular weight is 594 g/mol. The molecular formula is C33H40ClN3O5. The fourth-order valence-corrected chi connectivity index (χ4v) is 7.06. The first-order valence-electron chi connectivity index (χ1n) is 14.6. The lowest BCUT2D eigenvalue weighted by Crippen LogP contribution is -2.35. The average Bonchev–Trinajstić information content (AvgIpc) is 3.54. The third-order valence-electron chi connectivity index (χ3n) is 8.62. The van der Waals surface area contributed by atoms with Gasteiger partial charge in [0.15, 0.2) is 0 Å². The number of halogens is 1. The summed E-state index contributed by atoms with van der Waals surface area (Å²) in [7, 11) is 1.33. The fraction of sp³-hybridized carbons (Fsp3) is 0.455. The number of rotatable bonds is 11. The van der Waals surface area contributed by atoms with Crippen molar-refractivity contribution in [2.45, 2.75) is 32.2 Å². The van der Waals surface area contributed by atoms with E-state index < -0.39 is 17.9 Å². The molecule has 3 unspecified atom stereocenters. The molecule has 9 heteroatoms. The summed E-state index contributed by atoms with van der Waals surface area (Å²) in [6.45, 7) is 6.00. The van der Waals surface area contributed by atoms with E-state index in [-0.39, 0.29) is 6.61 Å². The molecule has 2 aromatic carbocycles. The Hall–Kier alpha value is -3.17. The fourth-order valence-electron chi connectivity index (χ4n) is 6.81. The Labute approximate surface area is 252 Å². The Bertz CT molecular complexity index is 1330. The lowest BCUT2D eigenvalue weighted by atomic mass is 9.80. The van der Waals surface area contributed by atoms with Crippen LogP contribution in [0.5, 0.6) is 0 Å². The van der Waals surface area contributed by atoms with Crippen molar-refractivity contribution in [1.29, 1.82) is 0 Å². The van der Waals surface area contributed by atoms with Crippen molar-refractivity contribution in [2.75, 3.05) is 46.6 Å². The molecule has 224 valence electrons. The van der Waals surface area contributed by atoms with Gasteiger partial charge in [0, 0.05) is 36.9 Å². The van der Waals surface area contributed by atoms with Crippen LogP contribution in [0.15, 0.2) is 77.1 Å². The van der Waals surface area contributed by atoms with E-state index in [1.54, 1.807) is 13.0 Å². The normalized spacial score (nSPS) is 24.0. The van der Waals surface area contributed by atoms with Crippen molar-refractivity contribution in [3.05, 3.63) is 93.3 Å². The van der Waals surface area contributed by atoms with E-state index in [4.69, 9.17) is 31.5 Å². The highest BCUT2D eigenvalue weighted by atomic mass is 35.5.